The van der Waals surface area contributed by atoms with Crippen LogP contribution >= 0.6 is 0 Å². The van der Waals surface area contributed by atoms with Crippen molar-refractivity contribution < 1.29 is 19.3 Å². The highest BCUT2D eigenvalue weighted by atomic mass is 16.6. The van der Waals surface area contributed by atoms with Crippen molar-refractivity contribution in [2.24, 2.45) is 11.8 Å². The van der Waals surface area contributed by atoms with Gasteiger partial charge in [0.25, 0.3) is 5.69 Å². The van der Waals surface area contributed by atoms with Gasteiger partial charge in [-0.3, -0.25) is 24.5 Å². The summed E-state index contributed by atoms with van der Waals surface area (Å²) < 4.78 is 0. The maximum Gasteiger partial charge on any atom is 0.294 e. The SMILES string of the molecule is CC(=O)c1ccc(N2CCN(c3ccc(N4C(=O)[C@H]5CCCC[C@@H]5C4=O)cc3[N+](=O)[O-])CC2)cc1. The lowest BCUT2D eigenvalue weighted by Crippen LogP contribution is -2.46. The maximum absolute atomic E-state index is 12.9. The van der Waals surface area contributed by atoms with Crippen LogP contribution in [0.5, 0.6) is 0 Å². The molecule has 2 aromatic carbocycles. The van der Waals surface area contributed by atoms with Gasteiger partial charge in [-0.1, -0.05) is 12.8 Å². The molecule has 3 aliphatic rings. The Hall–Kier alpha value is -3.75. The van der Waals surface area contributed by atoms with Crippen LogP contribution in [0.3, 0.4) is 0 Å². The summed E-state index contributed by atoms with van der Waals surface area (Å²) in [5.41, 5.74) is 2.34. The smallest absolute Gasteiger partial charge is 0.294 e. The van der Waals surface area contributed by atoms with Crippen molar-refractivity contribution in [1.82, 2.24) is 0 Å². The third-order valence-corrected chi connectivity index (χ3v) is 7.51. The molecule has 0 radical (unpaired) electrons. The summed E-state index contributed by atoms with van der Waals surface area (Å²) in [7, 11) is 0. The third kappa shape index (κ3) is 4.15. The highest BCUT2D eigenvalue weighted by molar-refractivity contribution is 6.22. The molecule has 2 aromatic rings. The molecule has 0 aromatic heterocycles. The molecule has 1 saturated carbocycles. The minimum absolute atomic E-state index is 0.0215. The molecule has 3 fully saturated rings. The molecule has 35 heavy (non-hydrogen) atoms. The Balaban J connectivity index is 1.34. The Morgan fingerprint density at radius 3 is 1.94 bits per heavy atom. The van der Waals surface area contributed by atoms with Crippen molar-refractivity contribution in [3.8, 4) is 0 Å². The first kappa shape index (κ1) is 23.0. The van der Waals surface area contributed by atoms with E-state index >= 15 is 0 Å². The van der Waals surface area contributed by atoms with E-state index in [0.717, 1.165) is 18.5 Å². The topological polar surface area (TPSA) is 104 Å². The standard InChI is InChI=1S/C26H28N4O5/c1-17(31)18-6-8-19(9-7-18)27-12-14-28(15-13-27)23-11-10-20(16-24(23)30(34)35)29-25(32)21-4-2-3-5-22(21)26(29)33/h6-11,16,21-22H,2-5,12-15H2,1H3/t21-,22-/m0/s1. The van der Waals surface area contributed by atoms with E-state index < -0.39 is 4.92 Å². The number of anilines is 3. The number of nitro benzene ring substituents is 1. The van der Waals surface area contributed by atoms with Gasteiger partial charge in [-0.2, -0.15) is 0 Å². The molecule has 2 atom stereocenters. The molecule has 2 heterocycles. The maximum atomic E-state index is 12.9. The number of nitro groups is 1. The fourth-order valence-corrected chi connectivity index (χ4v) is 5.59. The first-order valence-corrected chi connectivity index (χ1v) is 12.1. The number of Topliss-reactive ketones (excluding diaryl/α,β-unsaturated/α-hetero) is 1. The van der Waals surface area contributed by atoms with E-state index in [1.165, 1.54) is 17.9 Å². The average Bonchev–Trinajstić information content (AvgIpc) is 3.13. The van der Waals surface area contributed by atoms with Crippen molar-refractivity contribution in [3.63, 3.8) is 0 Å². The van der Waals surface area contributed by atoms with E-state index in [1.807, 2.05) is 29.2 Å². The van der Waals surface area contributed by atoms with Gasteiger partial charge in [-0.25, -0.2) is 4.90 Å². The van der Waals surface area contributed by atoms with Gasteiger partial charge in [0.15, 0.2) is 5.78 Å². The fourth-order valence-electron chi connectivity index (χ4n) is 5.59. The number of amides is 2. The molecule has 9 nitrogen and oxygen atoms in total. The van der Waals surface area contributed by atoms with Crippen molar-refractivity contribution in [3.05, 3.63) is 58.1 Å². The van der Waals surface area contributed by atoms with Crippen LogP contribution in [-0.2, 0) is 9.59 Å². The summed E-state index contributed by atoms with van der Waals surface area (Å²) in [6.07, 6.45) is 3.27. The van der Waals surface area contributed by atoms with E-state index in [-0.39, 0.29) is 40.8 Å². The number of carbonyl (C=O) groups is 3. The summed E-state index contributed by atoms with van der Waals surface area (Å²) in [6, 6.07) is 12.1. The zero-order valence-electron chi connectivity index (χ0n) is 19.7. The minimum Gasteiger partial charge on any atom is -0.368 e. The number of rotatable bonds is 5. The second-order valence-corrected chi connectivity index (χ2v) is 9.52. The highest BCUT2D eigenvalue weighted by Crippen LogP contribution is 2.42. The van der Waals surface area contributed by atoms with Gasteiger partial charge in [0.05, 0.1) is 22.4 Å². The zero-order chi connectivity index (χ0) is 24.7. The molecule has 2 saturated heterocycles. The Bertz CT molecular complexity index is 1160. The summed E-state index contributed by atoms with van der Waals surface area (Å²) in [5, 5.41) is 12.0. The lowest BCUT2D eigenvalue weighted by molar-refractivity contribution is -0.384. The Kier molecular flexibility index (Phi) is 6.00. The molecule has 0 bridgehead atoms. The van der Waals surface area contributed by atoms with Crippen LogP contribution < -0.4 is 14.7 Å². The van der Waals surface area contributed by atoms with Crippen LogP contribution in [0.25, 0.3) is 0 Å². The zero-order valence-corrected chi connectivity index (χ0v) is 19.7. The van der Waals surface area contributed by atoms with Crippen LogP contribution in [0.2, 0.25) is 0 Å². The Labute approximate surface area is 203 Å². The molecular formula is C26H28N4O5. The highest BCUT2D eigenvalue weighted by Gasteiger charge is 2.49. The van der Waals surface area contributed by atoms with Gasteiger partial charge < -0.3 is 9.80 Å². The molecule has 0 N–H and O–H groups in total. The average molecular weight is 477 g/mol. The van der Waals surface area contributed by atoms with Gasteiger partial charge in [0.2, 0.25) is 11.8 Å². The number of imide groups is 1. The monoisotopic (exact) mass is 476 g/mol. The lowest BCUT2D eigenvalue weighted by atomic mass is 9.81. The van der Waals surface area contributed by atoms with Gasteiger partial charge in [0, 0.05) is 43.5 Å². The number of fused-ring (bicyclic) bond motifs is 1. The molecule has 5 rings (SSSR count). The van der Waals surface area contributed by atoms with Crippen LogP contribution in [-0.4, -0.2) is 48.7 Å². The predicted octanol–water partition coefficient (Wildman–Crippen LogP) is 3.80. The molecule has 0 unspecified atom stereocenters. The first-order chi connectivity index (χ1) is 16.8. The van der Waals surface area contributed by atoms with E-state index in [0.29, 0.717) is 50.3 Å². The molecule has 1 aliphatic carbocycles. The van der Waals surface area contributed by atoms with Crippen molar-refractivity contribution in [1.29, 1.82) is 0 Å². The molecular weight excluding hydrogens is 448 g/mol. The van der Waals surface area contributed by atoms with Crippen LogP contribution in [0, 0.1) is 22.0 Å². The molecule has 2 aliphatic heterocycles. The van der Waals surface area contributed by atoms with E-state index in [9.17, 15) is 24.5 Å². The molecule has 9 heteroatoms. The molecule has 0 spiro atoms. The molecule has 182 valence electrons. The van der Waals surface area contributed by atoms with E-state index in [2.05, 4.69) is 4.90 Å². The Morgan fingerprint density at radius 1 is 0.857 bits per heavy atom. The summed E-state index contributed by atoms with van der Waals surface area (Å²) in [4.78, 5) is 54.3. The number of hydrogen-bond acceptors (Lipinski definition) is 7. The number of nitrogens with zero attached hydrogens (tertiary/aromatic N) is 4. The van der Waals surface area contributed by atoms with Gasteiger partial charge >= 0.3 is 0 Å². The van der Waals surface area contributed by atoms with Crippen molar-refractivity contribution in [2.75, 3.05) is 40.9 Å². The van der Waals surface area contributed by atoms with Gasteiger partial charge in [0.1, 0.15) is 5.69 Å². The second kappa shape index (κ2) is 9.13. The Morgan fingerprint density at radius 2 is 1.40 bits per heavy atom. The van der Waals surface area contributed by atoms with Crippen LogP contribution in [0.4, 0.5) is 22.7 Å². The van der Waals surface area contributed by atoms with Crippen molar-refractivity contribution >= 4 is 40.3 Å². The third-order valence-electron chi connectivity index (χ3n) is 7.51. The quantitative estimate of drug-likeness (QED) is 0.280. The summed E-state index contributed by atoms with van der Waals surface area (Å²) in [5.74, 6) is -1.04. The minimum atomic E-state index is -0.441. The number of carbonyl (C=O) groups excluding carboxylic acids is 3. The number of hydrogen-bond donors (Lipinski definition) is 0. The normalized spacial score (nSPS) is 22.4. The van der Waals surface area contributed by atoms with E-state index in [4.69, 9.17) is 0 Å². The van der Waals surface area contributed by atoms with Crippen LogP contribution in [0.1, 0.15) is 43.0 Å². The molecule has 2 amide bonds. The second-order valence-electron chi connectivity index (χ2n) is 9.52. The predicted molar refractivity (Wildman–Crippen MR) is 132 cm³/mol. The van der Waals surface area contributed by atoms with Gasteiger partial charge in [-0.15, -0.1) is 0 Å². The van der Waals surface area contributed by atoms with E-state index in [1.54, 1.807) is 12.1 Å². The van der Waals surface area contributed by atoms with Crippen LogP contribution in [0.15, 0.2) is 42.5 Å². The first-order valence-electron chi connectivity index (χ1n) is 12.1. The van der Waals surface area contributed by atoms with Gasteiger partial charge in [-0.05, 0) is 56.2 Å². The summed E-state index contributed by atoms with van der Waals surface area (Å²) >= 11 is 0. The number of ketones is 1. The summed E-state index contributed by atoms with van der Waals surface area (Å²) in [6.45, 7) is 4.05. The fraction of sp³-hybridized carbons (Fsp3) is 0.423. The number of piperazine rings is 1. The van der Waals surface area contributed by atoms with Crippen molar-refractivity contribution in [2.45, 2.75) is 32.6 Å². The number of benzene rings is 2. The lowest BCUT2D eigenvalue weighted by Gasteiger charge is -2.37. The largest absolute Gasteiger partial charge is 0.368 e.